The summed E-state index contributed by atoms with van der Waals surface area (Å²) in [6.07, 6.45) is 4.13. The van der Waals surface area contributed by atoms with Crippen LogP contribution in [0.25, 0.3) is 22.1 Å². The molecule has 11 heteroatoms. The molecule has 0 aliphatic heterocycles. The highest BCUT2D eigenvalue weighted by Crippen LogP contribution is 1.96. The van der Waals surface area contributed by atoms with E-state index in [1.165, 1.54) is 18.7 Å². The number of nitrogens with one attached hydrogen (secondary N) is 5. The molecular formula is C10H8N8O3. The molecule has 0 saturated heterocycles. The fourth-order valence-corrected chi connectivity index (χ4v) is 1.65. The van der Waals surface area contributed by atoms with Crippen molar-refractivity contribution in [1.82, 2.24) is 40.3 Å². The number of nitrogens with zero attached hydrogens (tertiary/aromatic N) is 3. The molecule has 11 nitrogen and oxygen atoms in total. The fourth-order valence-electron chi connectivity index (χ4n) is 1.65. The van der Waals surface area contributed by atoms with Crippen LogP contribution >= 0.6 is 0 Å². The van der Waals surface area contributed by atoms with Crippen molar-refractivity contribution in [3.05, 3.63) is 49.9 Å². The molecule has 0 atom stereocenters. The van der Waals surface area contributed by atoms with Gasteiger partial charge in [-0.05, 0) is 0 Å². The molecule has 21 heavy (non-hydrogen) atoms. The molecule has 0 saturated carbocycles. The van der Waals surface area contributed by atoms with Crippen LogP contribution in [0.1, 0.15) is 0 Å². The monoisotopic (exact) mass is 288 g/mol. The van der Waals surface area contributed by atoms with Crippen LogP contribution in [-0.2, 0) is 0 Å². The highest BCUT2D eigenvalue weighted by molar-refractivity contribution is 5.72. The first-order valence-electron chi connectivity index (χ1n) is 5.67. The molecule has 0 bridgehead atoms. The predicted molar refractivity (Wildman–Crippen MR) is 71.8 cm³/mol. The lowest BCUT2D eigenvalue weighted by Crippen LogP contribution is -2.21. The zero-order valence-corrected chi connectivity index (χ0v) is 10.3. The van der Waals surface area contributed by atoms with Gasteiger partial charge < -0.3 is 4.98 Å². The number of rotatable bonds is 0. The van der Waals surface area contributed by atoms with Gasteiger partial charge in [0.05, 0.1) is 18.7 Å². The molecule has 4 rings (SSSR count). The minimum Gasteiger partial charge on any atom is -0.312 e. The second kappa shape index (κ2) is 4.88. The molecule has 0 fully saturated rings. The van der Waals surface area contributed by atoms with Crippen LogP contribution in [0.2, 0.25) is 0 Å². The minimum atomic E-state index is -0.535. The molecule has 4 aromatic rings. The summed E-state index contributed by atoms with van der Waals surface area (Å²) in [4.78, 5) is 43.2. The molecule has 0 aromatic carbocycles. The van der Waals surface area contributed by atoms with Crippen molar-refractivity contribution < 1.29 is 0 Å². The summed E-state index contributed by atoms with van der Waals surface area (Å²) in [5.74, 6) is 0. The van der Waals surface area contributed by atoms with E-state index in [1.807, 2.05) is 0 Å². The van der Waals surface area contributed by atoms with Crippen LogP contribution < -0.4 is 16.8 Å². The van der Waals surface area contributed by atoms with E-state index >= 15 is 0 Å². The summed E-state index contributed by atoms with van der Waals surface area (Å²) in [5.41, 5.74) is -0.273. The summed E-state index contributed by atoms with van der Waals surface area (Å²) in [5, 5.41) is 13.1. The van der Waals surface area contributed by atoms with Gasteiger partial charge in [0.25, 0.3) is 11.1 Å². The van der Waals surface area contributed by atoms with E-state index in [1.54, 1.807) is 0 Å². The maximum atomic E-state index is 10.9. The number of H-pyrrole nitrogens is 5. The van der Waals surface area contributed by atoms with Crippen LogP contribution in [0.5, 0.6) is 0 Å². The third-order valence-electron chi connectivity index (χ3n) is 2.60. The maximum Gasteiger partial charge on any atom is 0.327 e. The second-order valence-electron chi connectivity index (χ2n) is 3.93. The summed E-state index contributed by atoms with van der Waals surface area (Å²) in [6.45, 7) is 0. The topological polar surface area (TPSA) is 169 Å². The number of fused-ring (bicyclic) bond motifs is 2. The van der Waals surface area contributed by atoms with Gasteiger partial charge in [-0.2, -0.15) is 10.2 Å². The maximum absolute atomic E-state index is 10.9. The van der Waals surface area contributed by atoms with Crippen molar-refractivity contribution in [2.24, 2.45) is 0 Å². The van der Waals surface area contributed by atoms with Gasteiger partial charge in [0.1, 0.15) is 16.4 Å². The smallest absolute Gasteiger partial charge is 0.312 e. The van der Waals surface area contributed by atoms with Crippen LogP contribution in [0, 0.1) is 0 Å². The number of aromatic nitrogens is 8. The van der Waals surface area contributed by atoms with Crippen LogP contribution in [0.15, 0.2) is 33.1 Å². The van der Waals surface area contributed by atoms with Gasteiger partial charge >= 0.3 is 5.69 Å². The van der Waals surface area contributed by atoms with Gasteiger partial charge in [-0.25, -0.2) is 9.78 Å². The first kappa shape index (κ1) is 12.5. The van der Waals surface area contributed by atoms with Crippen molar-refractivity contribution in [2.75, 3.05) is 0 Å². The molecule has 4 aromatic heterocycles. The Balaban J connectivity index is 0.000000126. The van der Waals surface area contributed by atoms with E-state index in [0.29, 0.717) is 22.1 Å². The number of hydrogen-bond acceptors (Lipinski definition) is 6. The Morgan fingerprint density at radius 1 is 0.857 bits per heavy atom. The molecule has 5 N–H and O–H groups in total. The molecule has 0 aliphatic carbocycles. The standard InChI is InChI=1S/C5H4N4O2.C5H4N4O/c10-4-2-1-6-9-3(2)7-5(11)8-4;10-5-3-1-8-9-4(3)6-2-7-5/h1H,(H3,6,7,8,9,10,11);1-2H,(H2,6,7,8,9,10). The first-order valence-corrected chi connectivity index (χ1v) is 5.67. The van der Waals surface area contributed by atoms with Crippen LogP contribution in [-0.4, -0.2) is 40.3 Å². The average molecular weight is 288 g/mol. The summed E-state index contributed by atoms with van der Waals surface area (Å²) in [6, 6.07) is 0. The Labute approximate surface area is 113 Å². The molecular weight excluding hydrogens is 280 g/mol. The van der Waals surface area contributed by atoms with Crippen molar-refractivity contribution >= 4 is 22.1 Å². The van der Waals surface area contributed by atoms with Crippen molar-refractivity contribution in [2.45, 2.75) is 0 Å². The Morgan fingerprint density at radius 3 is 2.43 bits per heavy atom. The minimum absolute atomic E-state index is 0.168. The fraction of sp³-hybridized carbons (Fsp3) is 0. The molecule has 4 heterocycles. The van der Waals surface area contributed by atoms with E-state index in [4.69, 9.17) is 0 Å². The van der Waals surface area contributed by atoms with Gasteiger partial charge in [0.15, 0.2) is 5.65 Å². The molecule has 0 aliphatic rings. The largest absolute Gasteiger partial charge is 0.327 e. The molecule has 0 spiro atoms. The van der Waals surface area contributed by atoms with Gasteiger partial charge in [-0.3, -0.25) is 29.8 Å². The van der Waals surface area contributed by atoms with Crippen LogP contribution in [0.3, 0.4) is 0 Å². The SMILES string of the molecule is O=c1[nH]c(=O)c2cn[nH]c2[nH]1.O=c1[nH]cnc2[nH]ncc12. The van der Waals surface area contributed by atoms with E-state index in [9.17, 15) is 14.4 Å². The Kier molecular flexibility index (Phi) is 2.91. The zero-order chi connectivity index (χ0) is 14.8. The van der Waals surface area contributed by atoms with Gasteiger partial charge in [-0.1, -0.05) is 0 Å². The lowest BCUT2D eigenvalue weighted by atomic mass is 10.4. The van der Waals surface area contributed by atoms with Crippen molar-refractivity contribution in [3.63, 3.8) is 0 Å². The van der Waals surface area contributed by atoms with Crippen LogP contribution in [0.4, 0.5) is 0 Å². The Morgan fingerprint density at radius 2 is 1.62 bits per heavy atom. The molecule has 106 valence electrons. The lowest BCUT2D eigenvalue weighted by molar-refractivity contribution is 1.04. The lowest BCUT2D eigenvalue weighted by Gasteiger charge is -1.83. The van der Waals surface area contributed by atoms with E-state index in [0.717, 1.165) is 0 Å². The number of aromatic amines is 5. The third kappa shape index (κ3) is 2.34. The van der Waals surface area contributed by atoms with E-state index in [-0.39, 0.29) is 5.56 Å². The van der Waals surface area contributed by atoms with Crippen molar-refractivity contribution in [1.29, 1.82) is 0 Å². The molecule has 0 amide bonds. The van der Waals surface area contributed by atoms with Gasteiger partial charge in [0, 0.05) is 0 Å². The second-order valence-corrected chi connectivity index (χ2v) is 3.93. The van der Waals surface area contributed by atoms with Crippen molar-refractivity contribution in [3.8, 4) is 0 Å². The zero-order valence-electron chi connectivity index (χ0n) is 10.3. The Bertz CT molecular complexity index is 1060. The first-order chi connectivity index (χ1) is 10.1. The summed E-state index contributed by atoms with van der Waals surface area (Å²) in [7, 11) is 0. The Hall–Kier alpha value is -3.50. The molecule has 0 radical (unpaired) electrons. The molecule has 0 unspecified atom stereocenters. The number of hydrogen-bond donors (Lipinski definition) is 5. The van der Waals surface area contributed by atoms with E-state index < -0.39 is 11.2 Å². The summed E-state index contributed by atoms with van der Waals surface area (Å²) < 4.78 is 0. The third-order valence-corrected chi connectivity index (χ3v) is 2.60. The van der Waals surface area contributed by atoms with Gasteiger partial charge in [0.2, 0.25) is 0 Å². The predicted octanol–water partition coefficient (Wildman–Crippen LogP) is -1.41. The quantitative estimate of drug-likeness (QED) is 0.266. The van der Waals surface area contributed by atoms with E-state index in [2.05, 4.69) is 40.3 Å². The average Bonchev–Trinajstić information content (AvgIpc) is 3.08. The normalized spacial score (nSPS) is 10.5. The highest BCUT2D eigenvalue weighted by atomic mass is 16.2. The highest BCUT2D eigenvalue weighted by Gasteiger charge is 1.99. The summed E-state index contributed by atoms with van der Waals surface area (Å²) >= 11 is 0. The van der Waals surface area contributed by atoms with Gasteiger partial charge in [-0.15, -0.1) is 0 Å².